The first kappa shape index (κ1) is 17.0. The summed E-state index contributed by atoms with van der Waals surface area (Å²) in [5.74, 6) is 0.0824. The van der Waals surface area contributed by atoms with Crippen LogP contribution in [0.3, 0.4) is 0 Å². The van der Waals surface area contributed by atoms with Gasteiger partial charge in [-0.1, -0.05) is 0 Å². The average Bonchev–Trinajstić information content (AvgIpc) is 2.74. The lowest BCUT2D eigenvalue weighted by Gasteiger charge is -2.45. The molecule has 1 N–H and O–H groups in total. The Morgan fingerprint density at radius 3 is 2.59 bits per heavy atom. The molecule has 1 aliphatic rings. The highest BCUT2D eigenvalue weighted by atomic mass is 79.9. The third-order valence-corrected chi connectivity index (χ3v) is 5.02. The largest absolute Gasteiger partial charge is 0.514 e. The van der Waals surface area contributed by atoms with Gasteiger partial charge in [-0.25, -0.2) is 14.3 Å². The van der Waals surface area contributed by atoms with E-state index in [0.29, 0.717) is 23.5 Å². The van der Waals surface area contributed by atoms with Gasteiger partial charge in [0.1, 0.15) is 23.2 Å². The molecule has 0 saturated carbocycles. The lowest BCUT2D eigenvalue weighted by Crippen LogP contribution is -2.65. The third kappa shape index (κ3) is 2.54. The summed E-state index contributed by atoms with van der Waals surface area (Å²) in [7, 11) is 0. The zero-order valence-electron chi connectivity index (χ0n) is 13.2. The number of nitrogens with zero attached hydrogens (tertiary/aromatic N) is 3. The predicted molar refractivity (Wildman–Crippen MR) is 82.5 cm³/mol. The Labute approximate surface area is 137 Å². The lowest BCUT2D eigenvalue weighted by atomic mass is 10.0. The van der Waals surface area contributed by atoms with Crippen LogP contribution in [0, 0.1) is 0 Å². The van der Waals surface area contributed by atoms with Gasteiger partial charge in [0.25, 0.3) is 0 Å². The fraction of sp³-hybridized carbons (Fsp3) is 0.643. The second kappa shape index (κ2) is 5.66. The standard InChI is InChI=1S/C14H20BrN3O4/c1-5-22-12(19)10-11(15)17-6-7-18(13(20)21,14(2,3)4)8-9(17)16-10/h5-8H2,1-4H3/p+1. The molecule has 0 saturated heterocycles. The monoisotopic (exact) mass is 374 g/mol. The van der Waals surface area contributed by atoms with Crippen molar-refractivity contribution in [3.63, 3.8) is 0 Å². The minimum absolute atomic E-state index is 0.112. The molecular weight excluding hydrogens is 354 g/mol. The number of imidazole rings is 1. The van der Waals surface area contributed by atoms with Crippen molar-refractivity contribution in [1.29, 1.82) is 0 Å². The molecule has 0 aromatic carbocycles. The van der Waals surface area contributed by atoms with E-state index in [9.17, 15) is 14.7 Å². The van der Waals surface area contributed by atoms with Crippen LogP contribution in [0.15, 0.2) is 4.60 Å². The predicted octanol–water partition coefficient (Wildman–Crippen LogP) is 2.63. The van der Waals surface area contributed by atoms with E-state index < -0.39 is 17.6 Å². The molecule has 2 heterocycles. The number of ether oxygens (including phenoxy) is 1. The van der Waals surface area contributed by atoms with E-state index in [4.69, 9.17) is 4.74 Å². The Bertz CT molecular complexity index is 620. The number of hydrogen-bond donors (Lipinski definition) is 1. The summed E-state index contributed by atoms with van der Waals surface area (Å²) in [6.45, 7) is 8.85. The number of hydrogen-bond acceptors (Lipinski definition) is 4. The van der Waals surface area contributed by atoms with E-state index in [-0.39, 0.29) is 23.3 Å². The van der Waals surface area contributed by atoms with Gasteiger partial charge in [-0.2, -0.15) is 4.79 Å². The first-order chi connectivity index (χ1) is 10.1. The molecule has 0 spiro atoms. The molecule has 1 aliphatic heterocycles. The van der Waals surface area contributed by atoms with Crippen LogP contribution in [-0.4, -0.2) is 49.9 Å². The highest BCUT2D eigenvalue weighted by Gasteiger charge is 2.51. The van der Waals surface area contributed by atoms with Crippen molar-refractivity contribution in [2.45, 2.75) is 46.3 Å². The number of carboxylic acid groups (broad SMARTS) is 1. The van der Waals surface area contributed by atoms with Crippen LogP contribution in [0.25, 0.3) is 0 Å². The summed E-state index contributed by atoms with van der Waals surface area (Å²) in [5.41, 5.74) is -0.268. The molecule has 7 nitrogen and oxygen atoms in total. The Balaban J connectivity index is 2.45. The van der Waals surface area contributed by atoms with E-state index in [2.05, 4.69) is 20.9 Å². The van der Waals surface area contributed by atoms with Crippen molar-refractivity contribution < 1.29 is 23.9 Å². The van der Waals surface area contributed by atoms with E-state index in [1.54, 1.807) is 6.92 Å². The number of quaternary nitrogens is 1. The number of esters is 1. The van der Waals surface area contributed by atoms with Gasteiger partial charge >= 0.3 is 12.1 Å². The van der Waals surface area contributed by atoms with Crippen LogP contribution >= 0.6 is 15.9 Å². The molecule has 0 bridgehead atoms. The first-order valence-electron chi connectivity index (χ1n) is 7.16. The fourth-order valence-corrected chi connectivity index (χ4v) is 3.40. The van der Waals surface area contributed by atoms with E-state index in [1.807, 2.05) is 25.3 Å². The van der Waals surface area contributed by atoms with Gasteiger partial charge in [-0.15, -0.1) is 0 Å². The summed E-state index contributed by atoms with van der Waals surface area (Å²) in [5, 5.41) is 9.75. The van der Waals surface area contributed by atoms with Crippen LogP contribution in [0.4, 0.5) is 4.79 Å². The molecule has 0 radical (unpaired) electrons. The second-order valence-electron chi connectivity index (χ2n) is 6.34. The summed E-state index contributed by atoms with van der Waals surface area (Å²) >= 11 is 3.38. The zero-order valence-corrected chi connectivity index (χ0v) is 14.8. The topological polar surface area (TPSA) is 81.4 Å². The Kier molecular flexibility index (Phi) is 4.36. The van der Waals surface area contributed by atoms with Crippen molar-refractivity contribution >= 4 is 28.0 Å². The number of halogens is 1. The van der Waals surface area contributed by atoms with Crippen LogP contribution < -0.4 is 0 Å². The fourth-order valence-electron chi connectivity index (χ4n) is 2.77. The molecule has 1 amide bonds. The van der Waals surface area contributed by atoms with Crippen LogP contribution in [0.5, 0.6) is 0 Å². The minimum Gasteiger partial charge on any atom is -0.461 e. The molecular formula is C14H21BrN3O4+. The van der Waals surface area contributed by atoms with Gasteiger partial charge < -0.3 is 14.4 Å². The van der Waals surface area contributed by atoms with E-state index in [0.717, 1.165) is 0 Å². The maximum atomic E-state index is 11.9. The van der Waals surface area contributed by atoms with Crippen LogP contribution in [0.2, 0.25) is 0 Å². The molecule has 1 unspecified atom stereocenters. The average molecular weight is 375 g/mol. The van der Waals surface area contributed by atoms with Crippen LogP contribution in [-0.2, 0) is 17.8 Å². The van der Waals surface area contributed by atoms with Gasteiger partial charge in [0.2, 0.25) is 0 Å². The Morgan fingerprint density at radius 2 is 2.09 bits per heavy atom. The molecule has 1 aromatic heterocycles. The first-order valence-corrected chi connectivity index (χ1v) is 7.96. The SMILES string of the molecule is CCOC(=O)c1nc2n(c1Br)CC[N+](C(=O)O)(C(C)(C)C)C2. The Morgan fingerprint density at radius 1 is 1.45 bits per heavy atom. The van der Waals surface area contributed by atoms with E-state index in [1.165, 1.54) is 0 Å². The molecule has 0 aliphatic carbocycles. The molecule has 22 heavy (non-hydrogen) atoms. The molecule has 1 aromatic rings. The number of carbonyl (C=O) groups excluding carboxylic acids is 1. The third-order valence-electron chi connectivity index (χ3n) is 4.22. The normalized spacial score (nSPS) is 21.3. The Hall–Kier alpha value is -1.41. The number of fused-ring (bicyclic) bond motifs is 1. The summed E-state index contributed by atoms with van der Waals surface area (Å²) in [6.07, 6.45) is -0.879. The summed E-state index contributed by atoms with van der Waals surface area (Å²) in [4.78, 5) is 28.1. The highest BCUT2D eigenvalue weighted by molar-refractivity contribution is 9.10. The quantitative estimate of drug-likeness (QED) is 0.635. The number of aromatic nitrogens is 2. The molecule has 1 atom stereocenters. The van der Waals surface area contributed by atoms with Gasteiger partial charge in [-0.3, -0.25) is 0 Å². The van der Waals surface area contributed by atoms with Crippen molar-refractivity contribution in [2.24, 2.45) is 0 Å². The van der Waals surface area contributed by atoms with Gasteiger partial charge in [-0.05, 0) is 43.6 Å². The summed E-state index contributed by atoms with van der Waals surface area (Å²) in [6, 6.07) is 0. The van der Waals surface area contributed by atoms with Gasteiger partial charge in [0.15, 0.2) is 11.5 Å². The smallest absolute Gasteiger partial charge is 0.461 e. The maximum absolute atomic E-state index is 11.9. The lowest BCUT2D eigenvalue weighted by molar-refractivity contribution is -0.920. The van der Waals surface area contributed by atoms with Crippen LogP contribution in [0.1, 0.15) is 44.0 Å². The van der Waals surface area contributed by atoms with Crippen molar-refractivity contribution in [2.75, 3.05) is 13.2 Å². The van der Waals surface area contributed by atoms with Gasteiger partial charge in [0, 0.05) is 0 Å². The highest BCUT2D eigenvalue weighted by Crippen LogP contribution is 2.34. The number of carbonyl (C=O) groups is 2. The maximum Gasteiger partial charge on any atom is 0.514 e. The summed E-state index contributed by atoms with van der Waals surface area (Å²) < 4.78 is 7.27. The van der Waals surface area contributed by atoms with E-state index >= 15 is 0 Å². The zero-order chi connectivity index (χ0) is 16.7. The molecule has 122 valence electrons. The van der Waals surface area contributed by atoms with Crippen molar-refractivity contribution in [1.82, 2.24) is 9.55 Å². The molecule has 0 fully saturated rings. The second-order valence-corrected chi connectivity index (χ2v) is 7.09. The number of rotatable bonds is 2. The van der Waals surface area contributed by atoms with Gasteiger partial charge in [0.05, 0.1) is 13.2 Å². The minimum atomic E-state index is -0.879. The van der Waals surface area contributed by atoms with Crippen molar-refractivity contribution in [3.8, 4) is 0 Å². The van der Waals surface area contributed by atoms with Crippen molar-refractivity contribution in [3.05, 3.63) is 16.1 Å². The number of amides is 1. The molecule has 2 rings (SSSR count). The molecule has 8 heteroatoms.